The van der Waals surface area contributed by atoms with Gasteiger partial charge in [0, 0.05) is 16.6 Å². The summed E-state index contributed by atoms with van der Waals surface area (Å²) in [6, 6.07) is 15.5. The van der Waals surface area contributed by atoms with E-state index >= 15 is 0 Å². The molecule has 2 rings (SSSR count). The Bertz CT molecular complexity index is 553. The van der Waals surface area contributed by atoms with Crippen molar-refractivity contribution in [3.05, 3.63) is 69.9 Å². The molecule has 20 heavy (non-hydrogen) atoms. The molecule has 2 atom stereocenters. The molecule has 0 saturated heterocycles. The number of benzene rings is 2. The molecule has 0 aliphatic heterocycles. The Kier molecular flexibility index (Phi) is 5.32. The van der Waals surface area contributed by atoms with E-state index in [0.29, 0.717) is 0 Å². The molecule has 0 amide bonds. The third kappa shape index (κ3) is 3.90. The van der Waals surface area contributed by atoms with Crippen molar-refractivity contribution in [1.82, 2.24) is 5.32 Å². The number of hydrogen-bond acceptors (Lipinski definition) is 1. The molecule has 2 aromatic rings. The van der Waals surface area contributed by atoms with Crippen LogP contribution in [-0.4, -0.2) is 0 Å². The first-order valence-corrected chi connectivity index (χ1v) is 7.66. The van der Waals surface area contributed by atoms with Crippen LogP contribution in [-0.2, 0) is 0 Å². The van der Waals surface area contributed by atoms with Crippen molar-refractivity contribution in [3.8, 4) is 0 Å². The molecule has 0 aliphatic rings. The Morgan fingerprint density at radius 3 is 2.40 bits per heavy atom. The lowest BCUT2D eigenvalue weighted by Crippen LogP contribution is -2.24. The maximum Gasteiger partial charge on any atom is 0.123 e. The van der Waals surface area contributed by atoms with Gasteiger partial charge in [-0.2, -0.15) is 0 Å². The summed E-state index contributed by atoms with van der Waals surface area (Å²) in [7, 11) is 0. The highest BCUT2D eigenvalue weighted by atomic mass is 79.9. The topological polar surface area (TPSA) is 12.0 Å². The summed E-state index contributed by atoms with van der Waals surface area (Å²) < 4.78 is 14.1. The van der Waals surface area contributed by atoms with E-state index in [2.05, 4.69) is 47.2 Å². The van der Waals surface area contributed by atoms with Crippen LogP contribution >= 0.6 is 15.9 Å². The molecule has 0 saturated carbocycles. The largest absolute Gasteiger partial charge is 0.303 e. The summed E-state index contributed by atoms with van der Waals surface area (Å²) in [6.45, 7) is 4.28. The van der Waals surface area contributed by atoms with Gasteiger partial charge in [0.25, 0.3) is 0 Å². The Balaban J connectivity index is 2.11. The highest BCUT2D eigenvalue weighted by molar-refractivity contribution is 9.10. The zero-order chi connectivity index (χ0) is 14.5. The van der Waals surface area contributed by atoms with Crippen LogP contribution in [0.25, 0.3) is 0 Å². The first-order chi connectivity index (χ1) is 9.60. The molecule has 0 aliphatic carbocycles. The SMILES string of the molecule is CCC(N[C@H](C)c1cccc(Br)c1)c1ccc(F)cc1. The van der Waals surface area contributed by atoms with Crippen LogP contribution in [0.2, 0.25) is 0 Å². The van der Waals surface area contributed by atoms with Crippen LogP contribution in [0.3, 0.4) is 0 Å². The second-order valence-corrected chi connectivity index (χ2v) is 5.87. The summed E-state index contributed by atoms with van der Waals surface area (Å²) in [5.74, 6) is -0.191. The van der Waals surface area contributed by atoms with Gasteiger partial charge in [-0.25, -0.2) is 4.39 Å². The molecule has 2 aromatic carbocycles. The molecule has 106 valence electrons. The predicted molar refractivity (Wildman–Crippen MR) is 85.1 cm³/mol. The molecule has 1 N–H and O–H groups in total. The molecule has 1 unspecified atom stereocenters. The summed E-state index contributed by atoms with van der Waals surface area (Å²) in [5.41, 5.74) is 2.36. The van der Waals surface area contributed by atoms with Gasteiger partial charge in [0.1, 0.15) is 5.82 Å². The first kappa shape index (κ1) is 15.2. The summed E-state index contributed by atoms with van der Waals surface area (Å²) in [4.78, 5) is 0. The zero-order valence-electron chi connectivity index (χ0n) is 11.7. The van der Waals surface area contributed by atoms with Crippen molar-refractivity contribution in [2.75, 3.05) is 0 Å². The highest BCUT2D eigenvalue weighted by Crippen LogP contribution is 2.24. The minimum Gasteiger partial charge on any atom is -0.303 e. The van der Waals surface area contributed by atoms with Gasteiger partial charge >= 0.3 is 0 Å². The van der Waals surface area contributed by atoms with E-state index in [1.807, 2.05) is 24.3 Å². The lowest BCUT2D eigenvalue weighted by Gasteiger charge is -2.23. The van der Waals surface area contributed by atoms with Gasteiger partial charge in [-0.3, -0.25) is 0 Å². The monoisotopic (exact) mass is 335 g/mol. The van der Waals surface area contributed by atoms with E-state index < -0.39 is 0 Å². The van der Waals surface area contributed by atoms with Crippen molar-refractivity contribution < 1.29 is 4.39 Å². The lowest BCUT2D eigenvalue weighted by molar-refractivity contribution is 0.455. The van der Waals surface area contributed by atoms with Gasteiger partial charge in [0.05, 0.1) is 0 Å². The molecule has 3 heteroatoms. The molecule has 1 nitrogen and oxygen atoms in total. The average Bonchev–Trinajstić information content (AvgIpc) is 2.45. The van der Waals surface area contributed by atoms with Crippen LogP contribution in [0.1, 0.15) is 43.5 Å². The van der Waals surface area contributed by atoms with Crippen molar-refractivity contribution in [1.29, 1.82) is 0 Å². The van der Waals surface area contributed by atoms with Crippen LogP contribution in [0, 0.1) is 5.82 Å². The van der Waals surface area contributed by atoms with Crippen LogP contribution in [0.15, 0.2) is 53.0 Å². The van der Waals surface area contributed by atoms with Crippen LogP contribution < -0.4 is 5.32 Å². The van der Waals surface area contributed by atoms with Gasteiger partial charge in [-0.1, -0.05) is 47.1 Å². The third-order valence-corrected chi connectivity index (χ3v) is 3.97. The van der Waals surface area contributed by atoms with E-state index in [9.17, 15) is 4.39 Å². The second kappa shape index (κ2) is 7.00. The summed E-state index contributed by atoms with van der Waals surface area (Å²) >= 11 is 3.50. The van der Waals surface area contributed by atoms with Crippen LogP contribution in [0.5, 0.6) is 0 Å². The maximum atomic E-state index is 13.0. The molecule has 0 spiro atoms. The van der Waals surface area contributed by atoms with Crippen molar-refractivity contribution in [2.24, 2.45) is 0 Å². The first-order valence-electron chi connectivity index (χ1n) is 6.87. The van der Waals surface area contributed by atoms with E-state index in [1.54, 1.807) is 0 Å². The summed E-state index contributed by atoms with van der Waals surface area (Å²) in [6.07, 6.45) is 0.962. The van der Waals surface area contributed by atoms with Gasteiger partial charge < -0.3 is 5.32 Å². The number of hydrogen-bond donors (Lipinski definition) is 1. The van der Waals surface area contributed by atoms with Crippen molar-refractivity contribution >= 4 is 15.9 Å². The van der Waals surface area contributed by atoms with Gasteiger partial charge in [-0.05, 0) is 48.7 Å². The minimum atomic E-state index is -0.191. The van der Waals surface area contributed by atoms with E-state index in [4.69, 9.17) is 0 Å². The van der Waals surface area contributed by atoms with E-state index in [-0.39, 0.29) is 17.9 Å². The predicted octanol–water partition coefficient (Wildman–Crippen LogP) is 5.39. The molecule has 0 bridgehead atoms. The van der Waals surface area contributed by atoms with Crippen molar-refractivity contribution in [3.63, 3.8) is 0 Å². The number of rotatable bonds is 5. The third-order valence-electron chi connectivity index (χ3n) is 3.48. The van der Waals surface area contributed by atoms with Gasteiger partial charge in [0.2, 0.25) is 0 Å². The van der Waals surface area contributed by atoms with Gasteiger partial charge in [0.15, 0.2) is 0 Å². The molecular weight excluding hydrogens is 317 g/mol. The second-order valence-electron chi connectivity index (χ2n) is 4.96. The quantitative estimate of drug-likeness (QED) is 0.772. The molecule has 0 heterocycles. The fourth-order valence-electron chi connectivity index (χ4n) is 2.32. The zero-order valence-corrected chi connectivity index (χ0v) is 13.3. The normalized spacial score (nSPS) is 14.0. The Hall–Kier alpha value is -1.19. The Morgan fingerprint density at radius 1 is 1.10 bits per heavy atom. The van der Waals surface area contributed by atoms with E-state index in [1.165, 1.54) is 17.7 Å². The summed E-state index contributed by atoms with van der Waals surface area (Å²) in [5, 5.41) is 3.60. The smallest absolute Gasteiger partial charge is 0.123 e. The Labute approximate surface area is 128 Å². The lowest BCUT2D eigenvalue weighted by atomic mass is 10.0. The highest BCUT2D eigenvalue weighted by Gasteiger charge is 2.14. The minimum absolute atomic E-state index is 0.191. The fraction of sp³-hybridized carbons (Fsp3) is 0.294. The maximum absolute atomic E-state index is 13.0. The molecule has 0 fully saturated rings. The molecule has 0 aromatic heterocycles. The van der Waals surface area contributed by atoms with Gasteiger partial charge in [-0.15, -0.1) is 0 Å². The Morgan fingerprint density at radius 2 is 1.80 bits per heavy atom. The van der Waals surface area contributed by atoms with E-state index in [0.717, 1.165) is 16.5 Å². The number of nitrogens with one attached hydrogen (secondary N) is 1. The fourth-order valence-corrected chi connectivity index (χ4v) is 2.74. The van der Waals surface area contributed by atoms with Crippen LogP contribution in [0.4, 0.5) is 4.39 Å². The average molecular weight is 336 g/mol. The van der Waals surface area contributed by atoms with Crippen molar-refractivity contribution in [2.45, 2.75) is 32.4 Å². The molecule has 0 radical (unpaired) electrons. The molecular formula is C17H19BrFN. The number of halogens is 2. The standard InChI is InChI=1S/C17H19BrFN/c1-3-17(13-7-9-16(19)10-8-13)20-12(2)14-5-4-6-15(18)11-14/h4-12,17,20H,3H2,1-2H3/t12-,17?/m1/s1.